The van der Waals surface area contributed by atoms with Crippen LogP contribution in [-0.2, 0) is 23.5 Å². The first-order chi connectivity index (χ1) is 14.8. The lowest BCUT2D eigenvalue weighted by Crippen LogP contribution is -2.44. The van der Waals surface area contributed by atoms with Crippen LogP contribution < -0.4 is 0 Å². The van der Waals surface area contributed by atoms with Crippen LogP contribution in [0.5, 0.6) is 0 Å². The standard InChI is InChI=1S/C23H33Cl2NO5Si/c1-22(2,3)32(5,6)31-12-10-26-19(17-8-7-16(24)13-18(17)25)14-23(9-11-27,21(26)29)15-20(28)30-4/h7-8,11,13,19H,9-10,12,14-15H2,1-6H3/t19-,23?/m1/s1. The van der Waals surface area contributed by atoms with Gasteiger partial charge in [-0.3, -0.25) is 9.59 Å². The minimum Gasteiger partial charge on any atom is -0.469 e. The van der Waals surface area contributed by atoms with Crippen LogP contribution in [0, 0.1) is 5.41 Å². The van der Waals surface area contributed by atoms with Crippen LogP contribution >= 0.6 is 23.2 Å². The number of benzene rings is 1. The minimum absolute atomic E-state index is 0.0348. The summed E-state index contributed by atoms with van der Waals surface area (Å²) in [6.45, 7) is 11.5. The molecule has 0 N–H and O–H groups in total. The lowest BCUT2D eigenvalue weighted by molar-refractivity contribution is -0.149. The van der Waals surface area contributed by atoms with Gasteiger partial charge in [-0.1, -0.05) is 50.0 Å². The number of hydrogen-bond acceptors (Lipinski definition) is 5. The number of carbonyl (C=O) groups is 3. The van der Waals surface area contributed by atoms with E-state index in [1.54, 1.807) is 23.1 Å². The number of nitrogens with zero attached hydrogens (tertiary/aromatic N) is 1. The zero-order valence-electron chi connectivity index (χ0n) is 19.7. The van der Waals surface area contributed by atoms with Gasteiger partial charge < -0.3 is 18.9 Å². The third kappa shape index (κ3) is 5.74. The Hall–Kier alpha value is -1.41. The third-order valence-corrected chi connectivity index (χ3v) is 11.9. The predicted molar refractivity (Wildman–Crippen MR) is 128 cm³/mol. The van der Waals surface area contributed by atoms with Gasteiger partial charge in [-0.25, -0.2) is 0 Å². The molecule has 1 unspecified atom stereocenters. The Bertz CT molecular complexity index is 870. The molecule has 0 radical (unpaired) electrons. The van der Waals surface area contributed by atoms with Crippen molar-refractivity contribution in [2.75, 3.05) is 20.3 Å². The van der Waals surface area contributed by atoms with Gasteiger partial charge >= 0.3 is 5.97 Å². The van der Waals surface area contributed by atoms with E-state index in [9.17, 15) is 14.4 Å². The minimum atomic E-state index is -2.01. The molecule has 1 heterocycles. The van der Waals surface area contributed by atoms with Gasteiger partial charge in [0.1, 0.15) is 6.29 Å². The highest BCUT2D eigenvalue weighted by atomic mass is 35.5. The summed E-state index contributed by atoms with van der Waals surface area (Å²) in [5, 5.41) is 0.961. The number of aldehydes is 1. The molecule has 6 nitrogen and oxygen atoms in total. The maximum atomic E-state index is 13.6. The molecule has 1 saturated heterocycles. The normalized spacial score (nSPS) is 21.7. The number of amides is 1. The fourth-order valence-electron chi connectivity index (χ4n) is 3.83. The molecule has 1 aromatic carbocycles. The van der Waals surface area contributed by atoms with Gasteiger partial charge in [0.25, 0.3) is 0 Å². The Morgan fingerprint density at radius 3 is 2.50 bits per heavy atom. The number of esters is 1. The van der Waals surface area contributed by atoms with E-state index in [0.717, 1.165) is 5.56 Å². The van der Waals surface area contributed by atoms with Crippen LogP contribution in [0.25, 0.3) is 0 Å². The SMILES string of the molecule is COC(=O)CC1(CC=O)C[C@H](c2ccc(Cl)cc2Cl)N(CCO[Si](C)(C)C(C)(C)C)C1=O. The van der Waals surface area contributed by atoms with Crippen LogP contribution in [0.3, 0.4) is 0 Å². The lowest BCUT2D eigenvalue weighted by atomic mass is 9.78. The molecule has 0 saturated carbocycles. The molecule has 9 heteroatoms. The lowest BCUT2D eigenvalue weighted by Gasteiger charge is -2.37. The monoisotopic (exact) mass is 501 g/mol. The zero-order valence-corrected chi connectivity index (χ0v) is 22.2. The van der Waals surface area contributed by atoms with Gasteiger partial charge in [0.2, 0.25) is 5.91 Å². The molecule has 0 aliphatic carbocycles. The van der Waals surface area contributed by atoms with Gasteiger partial charge in [0.05, 0.1) is 31.6 Å². The second-order valence-corrected chi connectivity index (χ2v) is 15.6. The van der Waals surface area contributed by atoms with E-state index in [4.69, 9.17) is 32.4 Å². The first kappa shape index (κ1) is 26.8. The Labute approximate surface area is 201 Å². The summed E-state index contributed by atoms with van der Waals surface area (Å²) in [6.07, 6.45) is 0.739. The average Bonchev–Trinajstić information content (AvgIpc) is 2.93. The van der Waals surface area contributed by atoms with Crippen molar-refractivity contribution in [1.29, 1.82) is 0 Å². The third-order valence-electron chi connectivity index (χ3n) is 6.78. The number of methoxy groups -OCH3 is 1. The molecule has 1 fully saturated rings. The Kier molecular flexibility index (Phi) is 8.59. The Morgan fingerprint density at radius 2 is 1.97 bits per heavy atom. The molecule has 2 atom stereocenters. The molecule has 1 amide bonds. The van der Waals surface area contributed by atoms with Crippen LogP contribution in [0.1, 0.15) is 51.6 Å². The highest BCUT2D eigenvalue weighted by molar-refractivity contribution is 6.74. The van der Waals surface area contributed by atoms with Gasteiger partial charge in [-0.05, 0) is 42.2 Å². The second-order valence-electron chi connectivity index (χ2n) is 9.90. The summed E-state index contributed by atoms with van der Waals surface area (Å²) in [5.41, 5.74) is -0.436. The van der Waals surface area contributed by atoms with Crippen molar-refractivity contribution in [3.63, 3.8) is 0 Å². The molecule has 178 valence electrons. The molecule has 32 heavy (non-hydrogen) atoms. The maximum Gasteiger partial charge on any atom is 0.306 e. The van der Waals surface area contributed by atoms with Gasteiger partial charge in [0.15, 0.2) is 8.32 Å². The summed E-state index contributed by atoms with van der Waals surface area (Å²) in [6, 6.07) is 4.74. The van der Waals surface area contributed by atoms with Gasteiger partial charge in [0, 0.05) is 23.0 Å². The van der Waals surface area contributed by atoms with Crippen molar-refractivity contribution in [3.05, 3.63) is 33.8 Å². The quantitative estimate of drug-likeness (QED) is 0.256. The molecule has 1 aliphatic rings. The number of carbonyl (C=O) groups excluding carboxylic acids is 3. The molecular weight excluding hydrogens is 469 g/mol. The molecule has 0 spiro atoms. The molecule has 1 aromatic rings. The topological polar surface area (TPSA) is 72.9 Å². The van der Waals surface area contributed by atoms with E-state index in [1.165, 1.54) is 7.11 Å². The van der Waals surface area contributed by atoms with Crippen LogP contribution in [-0.4, -0.2) is 51.6 Å². The summed E-state index contributed by atoms with van der Waals surface area (Å²) in [7, 11) is -0.741. The predicted octanol–water partition coefficient (Wildman–Crippen LogP) is 5.43. The number of halogens is 2. The molecule has 1 aliphatic heterocycles. The van der Waals surface area contributed by atoms with Crippen molar-refractivity contribution in [2.24, 2.45) is 5.41 Å². The highest BCUT2D eigenvalue weighted by Crippen LogP contribution is 2.49. The molecule has 2 rings (SSSR count). The van der Waals surface area contributed by atoms with Crippen LogP contribution in [0.15, 0.2) is 18.2 Å². The zero-order chi connectivity index (χ0) is 24.3. The molecule has 0 bridgehead atoms. The summed E-state index contributed by atoms with van der Waals surface area (Å²) in [5.74, 6) is -0.787. The Balaban J connectivity index is 2.40. The summed E-state index contributed by atoms with van der Waals surface area (Å²) >= 11 is 12.6. The van der Waals surface area contributed by atoms with Crippen molar-refractivity contribution in [3.8, 4) is 0 Å². The van der Waals surface area contributed by atoms with E-state index in [1.807, 2.05) is 0 Å². The Morgan fingerprint density at radius 1 is 1.31 bits per heavy atom. The van der Waals surface area contributed by atoms with Crippen molar-refractivity contribution in [2.45, 2.75) is 64.2 Å². The maximum absolute atomic E-state index is 13.6. The first-order valence-corrected chi connectivity index (χ1v) is 14.3. The highest BCUT2D eigenvalue weighted by Gasteiger charge is 2.53. The van der Waals surface area contributed by atoms with E-state index >= 15 is 0 Å². The van der Waals surface area contributed by atoms with E-state index in [2.05, 4.69) is 33.9 Å². The second kappa shape index (κ2) is 10.2. The van der Waals surface area contributed by atoms with Gasteiger partial charge in [-0.15, -0.1) is 0 Å². The van der Waals surface area contributed by atoms with Crippen LogP contribution in [0.2, 0.25) is 28.2 Å². The largest absolute Gasteiger partial charge is 0.469 e. The van der Waals surface area contributed by atoms with Crippen molar-refractivity contribution < 1.29 is 23.5 Å². The number of hydrogen-bond donors (Lipinski definition) is 0. The summed E-state index contributed by atoms with van der Waals surface area (Å²) in [4.78, 5) is 39.0. The number of likely N-dealkylation sites (tertiary alicyclic amines) is 1. The molecule has 0 aromatic heterocycles. The van der Waals surface area contributed by atoms with Crippen LogP contribution in [0.4, 0.5) is 0 Å². The number of ether oxygens (including phenoxy) is 1. The fraction of sp³-hybridized carbons (Fsp3) is 0.609. The van der Waals surface area contributed by atoms with Crippen molar-refractivity contribution >= 4 is 49.7 Å². The number of rotatable bonds is 9. The van der Waals surface area contributed by atoms with E-state index in [0.29, 0.717) is 29.5 Å². The van der Waals surface area contributed by atoms with E-state index in [-0.39, 0.29) is 30.2 Å². The van der Waals surface area contributed by atoms with E-state index < -0.39 is 25.7 Å². The smallest absolute Gasteiger partial charge is 0.306 e. The molecular formula is C23H33Cl2NO5Si. The van der Waals surface area contributed by atoms with Crippen molar-refractivity contribution in [1.82, 2.24) is 4.90 Å². The van der Waals surface area contributed by atoms with Gasteiger partial charge in [-0.2, -0.15) is 0 Å². The first-order valence-electron chi connectivity index (χ1n) is 10.7. The fourth-order valence-corrected chi connectivity index (χ4v) is 5.40. The average molecular weight is 503 g/mol. The summed E-state index contributed by atoms with van der Waals surface area (Å²) < 4.78 is 11.1.